The van der Waals surface area contributed by atoms with Gasteiger partial charge in [-0.05, 0) is 26.3 Å². The van der Waals surface area contributed by atoms with Crippen LogP contribution in [0.15, 0.2) is 41.4 Å². The van der Waals surface area contributed by atoms with Crippen LogP contribution in [0, 0.1) is 6.92 Å². The molecule has 130 valence electrons. The fourth-order valence-corrected chi connectivity index (χ4v) is 4.83. The number of rotatable bonds is 4. The van der Waals surface area contributed by atoms with Crippen LogP contribution in [0.2, 0.25) is 0 Å². The van der Waals surface area contributed by atoms with E-state index in [-0.39, 0.29) is 17.1 Å². The van der Waals surface area contributed by atoms with Crippen LogP contribution in [-0.4, -0.2) is 47.8 Å². The fourth-order valence-electron chi connectivity index (χ4n) is 3.07. The van der Waals surface area contributed by atoms with Gasteiger partial charge in [0.05, 0.1) is 24.4 Å². The zero-order valence-corrected chi connectivity index (χ0v) is 15.0. The Morgan fingerprint density at radius 3 is 2.42 bits per heavy atom. The van der Waals surface area contributed by atoms with Crippen molar-refractivity contribution in [1.82, 2.24) is 14.1 Å². The van der Waals surface area contributed by atoms with Gasteiger partial charge in [-0.15, -0.1) is 0 Å². The van der Waals surface area contributed by atoms with E-state index in [0.29, 0.717) is 25.3 Å². The Kier molecular flexibility index (Phi) is 4.76. The number of nitrogens with zero attached hydrogens (tertiary/aromatic N) is 3. The van der Waals surface area contributed by atoms with Gasteiger partial charge < -0.3 is 4.74 Å². The molecule has 1 aromatic heterocycles. The molecule has 7 heteroatoms. The third-order valence-electron chi connectivity index (χ3n) is 4.09. The number of ether oxygens (including phenoxy) is 1. The standard InChI is InChI=1S/C17H23N3O3S/c1-13-9-20(10-14(2)23-13)24(21,22)17-12-19(18-15(17)3)11-16-7-5-4-6-8-16/h4-8,12-14H,9-11H2,1-3H3. The number of aryl methyl sites for hydroxylation is 1. The Hall–Kier alpha value is -1.70. The number of sulfonamides is 1. The lowest BCUT2D eigenvalue weighted by molar-refractivity contribution is -0.0440. The summed E-state index contributed by atoms with van der Waals surface area (Å²) in [5.41, 5.74) is 1.61. The number of hydrogen-bond acceptors (Lipinski definition) is 4. The lowest BCUT2D eigenvalue weighted by atomic mass is 10.2. The molecule has 0 aliphatic carbocycles. The van der Waals surface area contributed by atoms with Crippen molar-refractivity contribution < 1.29 is 13.2 Å². The largest absolute Gasteiger partial charge is 0.373 e. The molecule has 2 unspecified atom stereocenters. The highest BCUT2D eigenvalue weighted by Crippen LogP contribution is 2.23. The van der Waals surface area contributed by atoms with Gasteiger partial charge in [0.2, 0.25) is 10.0 Å². The van der Waals surface area contributed by atoms with Crippen molar-refractivity contribution in [3.05, 3.63) is 47.8 Å². The number of morpholine rings is 1. The van der Waals surface area contributed by atoms with Gasteiger partial charge in [-0.1, -0.05) is 30.3 Å². The van der Waals surface area contributed by atoms with Gasteiger partial charge in [0.15, 0.2) is 0 Å². The van der Waals surface area contributed by atoms with Crippen molar-refractivity contribution in [2.24, 2.45) is 0 Å². The summed E-state index contributed by atoms with van der Waals surface area (Å²) in [4.78, 5) is 0.278. The normalized spacial score (nSPS) is 22.6. The Morgan fingerprint density at radius 1 is 1.17 bits per heavy atom. The Morgan fingerprint density at radius 2 is 1.79 bits per heavy atom. The van der Waals surface area contributed by atoms with Crippen LogP contribution < -0.4 is 0 Å². The maximum absolute atomic E-state index is 13.0. The van der Waals surface area contributed by atoms with E-state index >= 15 is 0 Å². The van der Waals surface area contributed by atoms with Crippen molar-refractivity contribution in [1.29, 1.82) is 0 Å². The summed E-state index contributed by atoms with van der Waals surface area (Å²) in [6.45, 7) is 6.81. The van der Waals surface area contributed by atoms with E-state index in [1.54, 1.807) is 17.8 Å². The molecule has 2 heterocycles. The molecule has 0 spiro atoms. The molecule has 1 aliphatic rings. The van der Waals surface area contributed by atoms with Gasteiger partial charge in [0.25, 0.3) is 0 Å². The lowest BCUT2D eigenvalue weighted by Crippen LogP contribution is -2.48. The Bertz CT molecular complexity index is 792. The molecule has 1 saturated heterocycles. The lowest BCUT2D eigenvalue weighted by Gasteiger charge is -2.34. The minimum atomic E-state index is -3.56. The van der Waals surface area contributed by atoms with Crippen LogP contribution >= 0.6 is 0 Å². The van der Waals surface area contributed by atoms with Crippen molar-refractivity contribution in [3.63, 3.8) is 0 Å². The van der Waals surface area contributed by atoms with Crippen molar-refractivity contribution >= 4 is 10.0 Å². The highest BCUT2D eigenvalue weighted by molar-refractivity contribution is 7.89. The summed E-state index contributed by atoms with van der Waals surface area (Å²) in [5.74, 6) is 0. The summed E-state index contributed by atoms with van der Waals surface area (Å²) in [6, 6.07) is 9.86. The van der Waals surface area contributed by atoms with Crippen LogP contribution in [-0.2, 0) is 21.3 Å². The molecule has 0 saturated carbocycles. The van der Waals surface area contributed by atoms with E-state index in [4.69, 9.17) is 4.74 Å². The number of benzene rings is 1. The topological polar surface area (TPSA) is 64.4 Å². The molecule has 2 aromatic rings. The molecular weight excluding hydrogens is 326 g/mol. The van der Waals surface area contributed by atoms with E-state index in [2.05, 4.69) is 5.10 Å². The molecule has 0 radical (unpaired) electrons. The van der Waals surface area contributed by atoms with E-state index in [1.807, 2.05) is 44.2 Å². The molecule has 24 heavy (non-hydrogen) atoms. The third-order valence-corrected chi connectivity index (χ3v) is 6.03. The minimum absolute atomic E-state index is 0.108. The maximum Gasteiger partial charge on any atom is 0.246 e. The van der Waals surface area contributed by atoms with Crippen LogP contribution in [0.3, 0.4) is 0 Å². The van der Waals surface area contributed by atoms with Gasteiger partial charge in [-0.2, -0.15) is 9.40 Å². The van der Waals surface area contributed by atoms with Crippen LogP contribution in [0.5, 0.6) is 0 Å². The molecule has 2 atom stereocenters. The first-order valence-electron chi connectivity index (χ1n) is 8.10. The molecular formula is C17H23N3O3S. The molecule has 6 nitrogen and oxygen atoms in total. The third kappa shape index (κ3) is 3.53. The monoisotopic (exact) mass is 349 g/mol. The van der Waals surface area contributed by atoms with Gasteiger partial charge >= 0.3 is 0 Å². The summed E-state index contributed by atoms with van der Waals surface area (Å²) >= 11 is 0. The van der Waals surface area contributed by atoms with Gasteiger partial charge in [0, 0.05) is 19.3 Å². The van der Waals surface area contributed by atoms with Crippen LogP contribution in [0.25, 0.3) is 0 Å². The second kappa shape index (κ2) is 6.66. The molecule has 1 aromatic carbocycles. The van der Waals surface area contributed by atoms with Gasteiger partial charge in [-0.25, -0.2) is 8.42 Å². The van der Waals surface area contributed by atoms with E-state index < -0.39 is 10.0 Å². The van der Waals surface area contributed by atoms with E-state index in [1.165, 1.54) is 4.31 Å². The first-order valence-corrected chi connectivity index (χ1v) is 9.54. The van der Waals surface area contributed by atoms with Crippen molar-refractivity contribution in [3.8, 4) is 0 Å². The van der Waals surface area contributed by atoms with Gasteiger partial charge in [0.1, 0.15) is 4.90 Å². The number of hydrogen-bond donors (Lipinski definition) is 0. The first kappa shape index (κ1) is 17.1. The second-order valence-corrected chi connectivity index (χ2v) is 8.25. The number of aromatic nitrogens is 2. The van der Waals surface area contributed by atoms with E-state index in [0.717, 1.165) is 5.56 Å². The van der Waals surface area contributed by atoms with Gasteiger partial charge in [-0.3, -0.25) is 4.68 Å². The van der Waals surface area contributed by atoms with Crippen LogP contribution in [0.4, 0.5) is 0 Å². The molecule has 0 bridgehead atoms. The smallest absolute Gasteiger partial charge is 0.246 e. The maximum atomic E-state index is 13.0. The predicted octanol–water partition coefficient (Wildman–Crippen LogP) is 2.04. The summed E-state index contributed by atoms with van der Waals surface area (Å²) in [6.07, 6.45) is 1.41. The van der Waals surface area contributed by atoms with Crippen LogP contribution in [0.1, 0.15) is 25.1 Å². The predicted molar refractivity (Wildman–Crippen MR) is 91.3 cm³/mol. The van der Waals surface area contributed by atoms with E-state index in [9.17, 15) is 8.42 Å². The van der Waals surface area contributed by atoms with Crippen molar-refractivity contribution in [2.45, 2.75) is 44.4 Å². The zero-order chi connectivity index (χ0) is 17.3. The summed E-state index contributed by atoms with van der Waals surface area (Å²) in [7, 11) is -3.56. The average Bonchev–Trinajstić information content (AvgIpc) is 2.88. The Balaban J connectivity index is 1.86. The molecule has 1 fully saturated rings. The van der Waals surface area contributed by atoms with Crippen molar-refractivity contribution in [2.75, 3.05) is 13.1 Å². The average molecular weight is 349 g/mol. The second-order valence-electron chi connectivity index (χ2n) is 6.34. The fraction of sp³-hybridized carbons (Fsp3) is 0.471. The molecule has 0 amide bonds. The highest BCUT2D eigenvalue weighted by atomic mass is 32.2. The summed E-state index contributed by atoms with van der Waals surface area (Å²) < 4.78 is 34.8. The quantitative estimate of drug-likeness (QED) is 0.847. The first-order chi connectivity index (χ1) is 11.4. The SMILES string of the molecule is Cc1nn(Cc2ccccc2)cc1S(=O)(=O)N1CC(C)OC(C)C1. The molecule has 3 rings (SSSR count). The summed E-state index contributed by atoms with van der Waals surface area (Å²) in [5, 5.41) is 4.38. The minimum Gasteiger partial charge on any atom is -0.373 e. The molecule has 1 aliphatic heterocycles. The molecule has 0 N–H and O–H groups in total. The zero-order valence-electron chi connectivity index (χ0n) is 14.2. The highest BCUT2D eigenvalue weighted by Gasteiger charge is 2.34. The Labute approximate surface area is 143 Å².